The number of pyridine rings is 1. The van der Waals surface area contributed by atoms with Crippen LogP contribution in [0, 0.1) is 6.92 Å². The molecule has 24 heavy (non-hydrogen) atoms. The Bertz CT molecular complexity index is 830. The first kappa shape index (κ1) is 16.4. The van der Waals surface area contributed by atoms with Crippen LogP contribution in [0.15, 0.2) is 47.5 Å². The molecule has 1 amide bonds. The maximum atomic E-state index is 12.5. The number of carbonyl (C=O) groups excluding carboxylic acids is 1. The van der Waals surface area contributed by atoms with Crippen LogP contribution in [0.4, 0.5) is 0 Å². The van der Waals surface area contributed by atoms with Crippen molar-refractivity contribution in [2.45, 2.75) is 18.2 Å². The van der Waals surface area contributed by atoms with E-state index in [0.717, 1.165) is 12.2 Å². The molecular formula is C17H19N5OS. The fraction of sp³-hybridized carbons (Fsp3) is 0.294. The number of amides is 1. The Morgan fingerprint density at radius 1 is 1.25 bits per heavy atom. The van der Waals surface area contributed by atoms with Crippen molar-refractivity contribution in [2.75, 3.05) is 19.3 Å². The van der Waals surface area contributed by atoms with Gasteiger partial charge in [-0.25, -0.2) is 4.52 Å². The highest BCUT2D eigenvalue weighted by molar-refractivity contribution is 7.99. The van der Waals surface area contributed by atoms with E-state index in [-0.39, 0.29) is 5.91 Å². The van der Waals surface area contributed by atoms with Crippen molar-refractivity contribution in [3.05, 3.63) is 53.7 Å². The monoisotopic (exact) mass is 341 g/mol. The molecule has 0 aliphatic carbocycles. The van der Waals surface area contributed by atoms with Crippen LogP contribution in [0.5, 0.6) is 0 Å². The summed E-state index contributed by atoms with van der Waals surface area (Å²) in [6.07, 6.45) is 2.64. The van der Waals surface area contributed by atoms with Crippen molar-refractivity contribution in [3.63, 3.8) is 0 Å². The lowest BCUT2D eigenvalue weighted by atomic mass is 10.2. The number of aromatic nitrogens is 4. The van der Waals surface area contributed by atoms with Crippen LogP contribution in [0.25, 0.3) is 5.65 Å². The van der Waals surface area contributed by atoms with Crippen LogP contribution in [0.3, 0.4) is 0 Å². The largest absolute Gasteiger partial charge is 0.342 e. The molecule has 3 rings (SSSR count). The van der Waals surface area contributed by atoms with Crippen LogP contribution in [-0.4, -0.2) is 50.2 Å². The summed E-state index contributed by atoms with van der Waals surface area (Å²) in [7, 11) is 1.82. The van der Waals surface area contributed by atoms with Crippen molar-refractivity contribution >= 4 is 23.3 Å². The van der Waals surface area contributed by atoms with Gasteiger partial charge in [-0.1, -0.05) is 17.7 Å². The predicted octanol–water partition coefficient (Wildman–Crippen LogP) is 2.69. The molecule has 1 aromatic carbocycles. The Kier molecular flexibility index (Phi) is 5.10. The van der Waals surface area contributed by atoms with Gasteiger partial charge in [-0.05, 0) is 53.8 Å². The molecule has 0 fully saturated rings. The van der Waals surface area contributed by atoms with Crippen molar-refractivity contribution in [1.82, 2.24) is 24.9 Å². The number of hydrogen-bond donors (Lipinski definition) is 0. The van der Waals surface area contributed by atoms with E-state index < -0.39 is 0 Å². The number of fused-ring (bicyclic) bond motifs is 1. The van der Waals surface area contributed by atoms with Crippen molar-refractivity contribution < 1.29 is 4.79 Å². The zero-order valence-corrected chi connectivity index (χ0v) is 14.5. The number of benzene rings is 1. The molecule has 0 atom stereocenters. The average Bonchev–Trinajstić information content (AvgIpc) is 3.07. The molecule has 0 aliphatic rings. The zero-order valence-electron chi connectivity index (χ0n) is 13.7. The molecule has 2 heterocycles. The number of hydrogen-bond acceptors (Lipinski definition) is 5. The molecule has 0 bridgehead atoms. The maximum absolute atomic E-state index is 12.5. The molecule has 0 aliphatic heterocycles. The number of aryl methyl sites for hydroxylation is 1. The van der Waals surface area contributed by atoms with E-state index >= 15 is 0 Å². The number of tetrazole rings is 1. The Labute approximate surface area is 144 Å². The lowest BCUT2D eigenvalue weighted by Crippen LogP contribution is -2.28. The minimum Gasteiger partial charge on any atom is -0.342 e. The SMILES string of the molecule is Cc1ccc(SCCCN(C)C(=O)c2ccn3nnnc3c2)cc1. The van der Waals surface area contributed by atoms with Crippen molar-refractivity contribution in [1.29, 1.82) is 0 Å². The summed E-state index contributed by atoms with van der Waals surface area (Å²) in [5, 5.41) is 11.2. The molecule has 0 saturated heterocycles. The standard InChI is InChI=1S/C17H19N5OS/c1-13-4-6-15(7-5-13)24-11-3-9-21(2)17(23)14-8-10-22-16(12-14)18-19-20-22/h4-8,10,12H,3,9,11H2,1-2H3. The maximum Gasteiger partial charge on any atom is 0.253 e. The Morgan fingerprint density at radius 3 is 2.83 bits per heavy atom. The summed E-state index contributed by atoms with van der Waals surface area (Å²) < 4.78 is 1.54. The summed E-state index contributed by atoms with van der Waals surface area (Å²) >= 11 is 1.81. The Morgan fingerprint density at radius 2 is 2.04 bits per heavy atom. The van der Waals surface area contributed by atoms with E-state index in [1.54, 1.807) is 23.2 Å². The lowest BCUT2D eigenvalue weighted by molar-refractivity contribution is 0.0795. The molecule has 124 valence electrons. The van der Waals surface area contributed by atoms with E-state index in [4.69, 9.17) is 0 Å². The van der Waals surface area contributed by atoms with Gasteiger partial charge in [0.2, 0.25) is 0 Å². The summed E-state index contributed by atoms with van der Waals surface area (Å²) in [6.45, 7) is 2.80. The molecule has 0 N–H and O–H groups in total. The van der Waals surface area contributed by atoms with Gasteiger partial charge < -0.3 is 4.90 Å². The molecule has 0 unspecified atom stereocenters. The first-order chi connectivity index (χ1) is 11.6. The predicted molar refractivity (Wildman–Crippen MR) is 94.3 cm³/mol. The van der Waals surface area contributed by atoms with Crippen LogP contribution in [0.2, 0.25) is 0 Å². The van der Waals surface area contributed by atoms with Gasteiger partial charge in [0, 0.05) is 30.2 Å². The summed E-state index contributed by atoms with van der Waals surface area (Å²) in [4.78, 5) is 15.5. The van der Waals surface area contributed by atoms with E-state index in [0.29, 0.717) is 17.8 Å². The Balaban J connectivity index is 1.49. The average molecular weight is 341 g/mol. The second-order valence-electron chi connectivity index (χ2n) is 5.64. The van der Waals surface area contributed by atoms with Crippen LogP contribution >= 0.6 is 11.8 Å². The smallest absolute Gasteiger partial charge is 0.253 e. The first-order valence-electron chi connectivity index (χ1n) is 7.76. The van der Waals surface area contributed by atoms with E-state index in [1.807, 2.05) is 18.8 Å². The highest BCUT2D eigenvalue weighted by Gasteiger charge is 2.12. The summed E-state index contributed by atoms with van der Waals surface area (Å²) in [5.41, 5.74) is 2.44. The van der Waals surface area contributed by atoms with Gasteiger partial charge in [0.05, 0.1) is 0 Å². The zero-order chi connectivity index (χ0) is 16.9. The molecule has 6 nitrogen and oxygen atoms in total. The number of rotatable bonds is 6. The normalized spacial score (nSPS) is 10.9. The van der Waals surface area contributed by atoms with E-state index in [1.165, 1.54) is 15.0 Å². The number of carbonyl (C=O) groups is 1. The van der Waals surface area contributed by atoms with E-state index in [9.17, 15) is 4.79 Å². The minimum atomic E-state index is -0.0131. The topological polar surface area (TPSA) is 63.4 Å². The third kappa shape index (κ3) is 3.91. The third-order valence-corrected chi connectivity index (χ3v) is 4.82. The lowest BCUT2D eigenvalue weighted by Gasteiger charge is -2.17. The van der Waals surface area contributed by atoms with Crippen LogP contribution in [0.1, 0.15) is 22.3 Å². The second-order valence-corrected chi connectivity index (χ2v) is 6.81. The van der Waals surface area contributed by atoms with Gasteiger partial charge in [-0.15, -0.1) is 16.9 Å². The van der Waals surface area contributed by atoms with Gasteiger partial charge in [-0.2, -0.15) is 0 Å². The molecular weight excluding hydrogens is 322 g/mol. The molecule has 0 spiro atoms. The van der Waals surface area contributed by atoms with Gasteiger partial charge in [0.15, 0.2) is 5.65 Å². The molecule has 0 saturated carbocycles. The first-order valence-corrected chi connectivity index (χ1v) is 8.75. The fourth-order valence-electron chi connectivity index (χ4n) is 2.32. The number of thioether (sulfide) groups is 1. The highest BCUT2D eigenvalue weighted by Crippen LogP contribution is 2.19. The summed E-state index contributed by atoms with van der Waals surface area (Å²) in [5.74, 6) is 0.967. The molecule has 3 aromatic rings. The van der Waals surface area contributed by atoms with Crippen LogP contribution < -0.4 is 0 Å². The molecule has 0 radical (unpaired) electrons. The number of nitrogens with zero attached hydrogens (tertiary/aromatic N) is 5. The highest BCUT2D eigenvalue weighted by atomic mass is 32.2. The van der Waals surface area contributed by atoms with Gasteiger partial charge >= 0.3 is 0 Å². The van der Waals surface area contributed by atoms with Gasteiger partial charge in [0.1, 0.15) is 0 Å². The quantitative estimate of drug-likeness (QED) is 0.509. The minimum absolute atomic E-state index is 0.0131. The van der Waals surface area contributed by atoms with Gasteiger partial charge in [-0.3, -0.25) is 4.79 Å². The Hall–Kier alpha value is -2.41. The van der Waals surface area contributed by atoms with Crippen molar-refractivity contribution in [2.24, 2.45) is 0 Å². The van der Waals surface area contributed by atoms with E-state index in [2.05, 4.69) is 46.7 Å². The fourth-order valence-corrected chi connectivity index (χ4v) is 3.16. The van der Waals surface area contributed by atoms with Crippen LogP contribution in [-0.2, 0) is 0 Å². The second kappa shape index (κ2) is 7.44. The molecule has 2 aromatic heterocycles. The third-order valence-electron chi connectivity index (χ3n) is 3.72. The van der Waals surface area contributed by atoms with Crippen molar-refractivity contribution in [3.8, 4) is 0 Å². The summed E-state index contributed by atoms with van der Waals surface area (Å²) in [6, 6.07) is 12.0. The van der Waals surface area contributed by atoms with Gasteiger partial charge in [0.25, 0.3) is 5.91 Å². The molecule has 7 heteroatoms.